The van der Waals surface area contributed by atoms with Gasteiger partial charge in [0.1, 0.15) is 5.82 Å². The first-order valence-corrected chi connectivity index (χ1v) is 5.47. The Morgan fingerprint density at radius 3 is 2.81 bits per heavy atom. The standard InChI is InChI=1S/C12H17N3O/c1-12(2)7-9(12)15-11(16)8-4-5-14-10(6-8)13-3/h4-6,9H,7H2,1-3H3,(H,13,14)(H,15,16). The summed E-state index contributed by atoms with van der Waals surface area (Å²) in [5.74, 6) is 0.692. The van der Waals surface area contributed by atoms with Crippen molar-refractivity contribution in [3.8, 4) is 0 Å². The second-order valence-corrected chi connectivity index (χ2v) is 4.90. The summed E-state index contributed by atoms with van der Waals surface area (Å²) in [6.45, 7) is 4.31. The molecule has 4 heteroatoms. The maximum absolute atomic E-state index is 11.9. The summed E-state index contributed by atoms with van der Waals surface area (Å²) >= 11 is 0. The van der Waals surface area contributed by atoms with E-state index in [-0.39, 0.29) is 11.3 Å². The number of aromatic nitrogens is 1. The minimum absolute atomic E-state index is 0.0190. The Bertz CT molecular complexity index is 414. The summed E-state index contributed by atoms with van der Waals surface area (Å²) in [5.41, 5.74) is 0.913. The first kappa shape index (κ1) is 10.9. The van der Waals surface area contributed by atoms with Crippen LogP contribution in [0.15, 0.2) is 18.3 Å². The molecule has 1 aromatic rings. The average molecular weight is 219 g/mol. The molecular formula is C12H17N3O. The van der Waals surface area contributed by atoms with Crippen LogP contribution in [0.1, 0.15) is 30.6 Å². The van der Waals surface area contributed by atoms with Crippen LogP contribution in [0, 0.1) is 5.41 Å². The molecule has 2 rings (SSSR count). The zero-order chi connectivity index (χ0) is 11.8. The number of hydrogen-bond donors (Lipinski definition) is 2. The lowest BCUT2D eigenvalue weighted by atomic mass is 10.2. The molecule has 1 unspecified atom stereocenters. The predicted molar refractivity (Wildman–Crippen MR) is 63.4 cm³/mol. The van der Waals surface area contributed by atoms with Crippen LogP contribution in [-0.4, -0.2) is 24.0 Å². The van der Waals surface area contributed by atoms with Crippen molar-refractivity contribution in [1.29, 1.82) is 0 Å². The number of carbonyl (C=O) groups excluding carboxylic acids is 1. The number of nitrogens with one attached hydrogen (secondary N) is 2. The van der Waals surface area contributed by atoms with Crippen molar-refractivity contribution in [3.05, 3.63) is 23.9 Å². The number of pyridine rings is 1. The highest BCUT2D eigenvalue weighted by Gasteiger charge is 2.46. The third kappa shape index (κ3) is 2.15. The average Bonchev–Trinajstić information content (AvgIpc) is 2.86. The molecule has 2 N–H and O–H groups in total. The van der Waals surface area contributed by atoms with Crippen molar-refractivity contribution in [2.75, 3.05) is 12.4 Å². The van der Waals surface area contributed by atoms with E-state index in [0.717, 1.165) is 6.42 Å². The van der Waals surface area contributed by atoms with Gasteiger partial charge in [0.2, 0.25) is 0 Å². The van der Waals surface area contributed by atoms with E-state index in [2.05, 4.69) is 29.5 Å². The Balaban J connectivity index is 2.04. The number of hydrogen-bond acceptors (Lipinski definition) is 3. The maximum atomic E-state index is 11.9. The van der Waals surface area contributed by atoms with Crippen molar-refractivity contribution in [1.82, 2.24) is 10.3 Å². The van der Waals surface area contributed by atoms with Crippen LogP contribution < -0.4 is 10.6 Å². The third-order valence-corrected chi connectivity index (χ3v) is 3.10. The van der Waals surface area contributed by atoms with Crippen LogP contribution in [0.2, 0.25) is 0 Å². The monoisotopic (exact) mass is 219 g/mol. The second kappa shape index (κ2) is 3.77. The summed E-state index contributed by atoms with van der Waals surface area (Å²) in [6.07, 6.45) is 2.70. The van der Waals surface area contributed by atoms with Crippen LogP contribution in [0.5, 0.6) is 0 Å². The van der Waals surface area contributed by atoms with Crippen molar-refractivity contribution < 1.29 is 4.79 Å². The van der Waals surface area contributed by atoms with Crippen LogP contribution in [0.4, 0.5) is 5.82 Å². The lowest BCUT2D eigenvalue weighted by Gasteiger charge is -2.07. The van der Waals surface area contributed by atoms with Crippen LogP contribution in [0.3, 0.4) is 0 Å². The van der Waals surface area contributed by atoms with E-state index < -0.39 is 0 Å². The van der Waals surface area contributed by atoms with E-state index >= 15 is 0 Å². The van der Waals surface area contributed by atoms with E-state index in [9.17, 15) is 4.79 Å². The van der Waals surface area contributed by atoms with Gasteiger partial charge in [-0.05, 0) is 24.0 Å². The van der Waals surface area contributed by atoms with Gasteiger partial charge in [0.15, 0.2) is 0 Å². The van der Waals surface area contributed by atoms with Gasteiger partial charge < -0.3 is 10.6 Å². The first-order chi connectivity index (χ1) is 7.53. The number of carbonyl (C=O) groups is 1. The molecule has 1 heterocycles. The van der Waals surface area contributed by atoms with E-state index in [1.165, 1.54) is 0 Å². The zero-order valence-corrected chi connectivity index (χ0v) is 9.87. The predicted octanol–water partition coefficient (Wildman–Crippen LogP) is 1.65. The highest BCUT2D eigenvalue weighted by molar-refractivity contribution is 5.95. The molecule has 0 radical (unpaired) electrons. The Morgan fingerprint density at radius 1 is 1.56 bits per heavy atom. The van der Waals surface area contributed by atoms with E-state index in [4.69, 9.17) is 0 Å². The molecule has 0 aromatic carbocycles. The highest BCUT2D eigenvalue weighted by Crippen LogP contribution is 2.44. The fourth-order valence-electron chi connectivity index (χ4n) is 1.66. The lowest BCUT2D eigenvalue weighted by Crippen LogP contribution is -2.28. The van der Waals surface area contributed by atoms with Crippen molar-refractivity contribution in [2.24, 2.45) is 5.41 Å². The minimum atomic E-state index is -0.0190. The molecule has 1 aromatic heterocycles. The Morgan fingerprint density at radius 2 is 2.25 bits per heavy atom. The van der Waals surface area contributed by atoms with Crippen molar-refractivity contribution in [2.45, 2.75) is 26.3 Å². The molecule has 1 aliphatic carbocycles. The van der Waals surface area contributed by atoms with Crippen molar-refractivity contribution in [3.63, 3.8) is 0 Å². The topological polar surface area (TPSA) is 54.0 Å². The molecule has 0 saturated heterocycles. The summed E-state index contributed by atoms with van der Waals surface area (Å²) in [7, 11) is 1.79. The summed E-state index contributed by atoms with van der Waals surface area (Å²) in [4.78, 5) is 16.0. The fraction of sp³-hybridized carbons (Fsp3) is 0.500. The lowest BCUT2D eigenvalue weighted by molar-refractivity contribution is 0.0946. The molecule has 1 aliphatic rings. The van der Waals surface area contributed by atoms with Gasteiger partial charge >= 0.3 is 0 Å². The van der Waals surface area contributed by atoms with Gasteiger partial charge in [0.05, 0.1) is 0 Å². The maximum Gasteiger partial charge on any atom is 0.251 e. The largest absolute Gasteiger partial charge is 0.373 e. The molecule has 1 saturated carbocycles. The van der Waals surface area contributed by atoms with Crippen molar-refractivity contribution >= 4 is 11.7 Å². The van der Waals surface area contributed by atoms with Gasteiger partial charge in [-0.1, -0.05) is 13.8 Å². The molecule has 1 amide bonds. The minimum Gasteiger partial charge on any atom is -0.373 e. The molecule has 0 aliphatic heterocycles. The molecule has 0 spiro atoms. The van der Waals surface area contributed by atoms with E-state index in [1.54, 1.807) is 25.4 Å². The molecule has 1 atom stereocenters. The normalized spacial score (nSPS) is 21.3. The molecule has 1 fully saturated rings. The summed E-state index contributed by atoms with van der Waals surface area (Å²) in [5, 5.41) is 5.93. The fourth-order valence-corrected chi connectivity index (χ4v) is 1.66. The van der Waals surface area contributed by atoms with Crippen LogP contribution in [0.25, 0.3) is 0 Å². The third-order valence-electron chi connectivity index (χ3n) is 3.10. The highest BCUT2D eigenvalue weighted by atomic mass is 16.1. The van der Waals surface area contributed by atoms with Crippen LogP contribution in [-0.2, 0) is 0 Å². The summed E-state index contributed by atoms with van der Waals surface area (Å²) in [6, 6.07) is 3.79. The van der Waals surface area contributed by atoms with E-state index in [0.29, 0.717) is 17.4 Å². The Kier molecular flexibility index (Phi) is 2.58. The number of amides is 1. The number of rotatable bonds is 3. The zero-order valence-electron chi connectivity index (χ0n) is 9.87. The van der Waals surface area contributed by atoms with Gasteiger partial charge in [-0.25, -0.2) is 4.98 Å². The van der Waals surface area contributed by atoms with Gasteiger partial charge in [0, 0.05) is 24.8 Å². The molecular weight excluding hydrogens is 202 g/mol. The Labute approximate surface area is 95.5 Å². The van der Waals surface area contributed by atoms with Gasteiger partial charge in [-0.15, -0.1) is 0 Å². The van der Waals surface area contributed by atoms with Gasteiger partial charge in [-0.2, -0.15) is 0 Å². The Hall–Kier alpha value is -1.58. The molecule has 86 valence electrons. The first-order valence-electron chi connectivity index (χ1n) is 5.47. The summed E-state index contributed by atoms with van der Waals surface area (Å²) < 4.78 is 0. The van der Waals surface area contributed by atoms with E-state index in [1.807, 2.05) is 0 Å². The quantitative estimate of drug-likeness (QED) is 0.812. The number of nitrogens with zero attached hydrogens (tertiary/aromatic N) is 1. The van der Waals surface area contributed by atoms with Gasteiger partial charge in [0.25, 0.3) is 5.91 Å². The second-order valence-electron chi connectivity index (χ2n) is 4.90. The molecule has 16 heavy (non-hydrogen) atoms. The SMILES string of the molecule is CNc1cc(C(=O)NC2CC2(C)C)ccn1. The van der Waals surface area contributed by atoms with Gasteiger partial charge in [-0.3, -0.25) is 4.79 Å². The molecule has 4 nitrogen and oxygen atoms in total. The smallest absolute Gasteiger partial charge is 0.251 e. The number of anilines is 1. The molecule has 0 bridgehead atoms. The van der Waals surface area contributed by atoms with Crippen LogP contribution >= 0.6 is 0 Å².